The Kier molecular flexibility index (Phi) is 4.34. The molecule has 2 aromatic carbocycles. The first-order valence-corrected chi connectivity index (χ1v) is 12.6. The Labute approximate surface area is 197 Å². The Bertz CT molecular complexity index is 1120. The van der Waals surface area contributed by atoms with E-state index in [2.05, 4.69) is 9.80 Å². The molecule has 5 heterocycles. The van der Waals surface area contributed by atoms with E-state index in [1.807, 2.05) is 0 Å². The van der Waals surface area contributed by atoms with Crippen molar-refractivity contribution < 1.29 is 22.6 Å². The molecule has 0 bridgehead atoms. The fraction of sp³-hybridized carbons (Fsp3) is 0.556. The first kappa shape index (κ1) is 20.9. The van der Waals surface area contributed by atoms with Crippen LogP contribution in [0.25, 0.3) is 0 Å². The van der Waals surface area contributed by atoms with Crippen molar-refractivity contribution in [2.45, 2.75) is 63.1 Å². The molecule has 0 saturated carbocycles. The lowest BCUT2D eigenvalue weighted by Gasteiger charge is -2.46. The predicted octanol–water partition coefficient (Wildman–Crippen LogP) is 5.64. The Hall–Kier alpha value is -2.41. The van der Waals surface area contributed by atoms with E-state index >= 15 is 13.2 Å². The van der Waals surface area contributed by atoms with Crippen molar-refractivity contribution in [2.24, 2.45) is 0 Å². The lowest BCUT2D eigenvalue weighted by Crippen LogP contribution is -2.48. The zero-order valence-electron chi connectivity index (χ0n) is 19.5. The summed E-state index contributed by atoms with van der Waals surface area (Å²) in [6.07, 6.45) is 2.21. The fourth-order valence-corrected chi connectivity index (χ4v) is 7.31. The summed E-state index contributed by atoms with van der Waals surface area (Å²) in [5.74, 6) is 0.780. The maximum Gasteiger partial charge on any atom is 0.426 e. The molecule has 5 aliphatic rings. The second-order valence-corrected chi connectivity index (χ2v) is 10.4. The van der Waals surface area contributed by atoms with E-state index in [0.717, 1.165) is 111 Å². The highest BCUT2D eigenvalue weighted by Gasteiger charge is 2.63. The van der Waals surface area contributed by atoms with E-state index < -0.39 is 11.8 Å². The van der Waals surface area contributed by atoms with Crippen LogP contribution in [0.1, 0.15) is 59.1 Å². The molecule has 0 atom stereocenters. The number of hydrogen-bond donors (Lipinski definition) is 0. The summed E-state index contributed by atoms with van der Waals surface area (Å²) in [7, 11) is 1.21. The number of nitrogens with zero attached hydrogens (tertiary/aromatic N) is 2. The van der Waals surface area contributed by atoms with E-state index in [0.29, 0.717) is 11.5 Å². The van der Waals surface area contributed by atoms with Crippen LogP contribution < -0.4 is 14.5 Å². The van der Waals surface area contributed by atoms with Gasteiger partial charge in [-0.15, -0.1) is 0 Å². The van der Waals surface area contributed by atoms with Crippen molar-refractivity contribution in [3.63, 3.8) is 0 Å². The van der Waals surface area contributed by atoms with Gasteiger partial charge in [0.2, 0.25) is 5.60 Å². The minimum Gasteiger partial charge on any atom is -0.456 e. The number of rotatable bonds is 1. The van der Waals surface area contributed by atoms with Gasteiger partial charge in [-0.2, -0.15) is 13.2 Å². The van der Waals surface area contributed by atoms with Gasteiger partial charge in [-0.05, 0) is 74.6 Å². The number of anilines is 2. The largest absolute Gasteiger partial charge is 0.456 e. The quantitative estimate of drug-likeness (QED) is 0.538. The standard InChI is InChI=1S/C27H29F3N2O2/c1-33-26(27(28,29)30)20-14-16-6-2-10-31-12-4-8-18(22(16)31)24(20)34-25-19-9-5-13-32-11-3-7-17(23(19)32)15-21(25)26/h14-15H,2-13H2,1H3. The van der Waals surface area contributed by atoms with Crippen LogP contribution in [0.4, 0.5) is 24.5 Å². The van der Waals surface area contributed by atoms with E-state index in [1.54, 1.807) is 12.1 Å². The van der Waals surface area contributed by atoms with Gasteiger partial charge in [0.25, 0.3) is 0 Å². The van der Waals surface area contributed by atoms with Crippen LogP contribution in [0.15, 0.2) is 12.1 Å². The van der Waals surface area contributed by atoms with Crippen LogP contribution in [0.5, 0.6) is 11.5 Å². The minimum atomic E-state index is -4.62. The summed E-state index contributed by atoms with van der Waals surface area (Å²) in [5, 5.41) is 0. The highest BCUT2D eigenvalue weighted by Crippen LogP contribution is 2.61. The van der Waals surface area contributed by atoms with Gasteiger partial charge in [-0.25, -0.2) is 0 Å². The smallest absolute Gasteiger partial charge is 0.426 e. The van der Waals surface area contributed by atoms with Crippen molar-refractivity contribution in [1.82, 2.24) is 0 Å². The van der Waals surface area contributed by atoms with Gasteiger partial charge in [0, 0.05) is 66.9 Å². The topological polar surface area (TPSA) is 24.9 Å². The molecule has 0 spiro atoms. The molecule has 7 rings (SSSR count). The highest BCUT2D eigenvalue weighted by molar-refractivity contribution is 5.77. The Morgan fingerprint density at radius 3 is 1.62 bits per heavy atom. The molecular weight excluding hydrogens is 441 g/mol. The van der Waals surface area contributed by atoms with E-state index in [9.17, 15) is 0 Å². The molecule has 0 aliphatic carbocycles. The summed E-state index contributed by atoms with van der Waals surface area (Å²) in [5.41, 5.74) is 3.86. The van der Waals surface area contributed by atoms with Crippen LogP contribution in [0, 0.1) is 0 Å². The average Bonchev–Trinajstić information content (AvgIpc) is 2.83. The average molecular weight is 471 g/mol. The first-order chi connectivity index (χ1) is 16.4. The van der Waals surface area contributed by atoms with Gasteiger partial charge in [-0.1, -0.05) is 0 Å². The molecule has 0 radical (unpaired) electrons. The number of benzene rings is 2. The van der Waals surface area contributed by atoms with Gasteiger partial charge in [0.05, 0.1) is 0 Å². The molecule has 4 nitrogen and oxygen atoms in total. The third-order valence-electron chi connectivity index (χ3n) is 8.61. The predicted molar refractivity (Wildman–Crippen MR) is 125 cm³/mol. The number of hydrogen-bond acceptors (Lipinski definition) is 4. The van der Waals surface area contributed by atoms with Crippen molar-refractivity contribution in [1.29, 1.82) is 0 Å². The minimum absolute atomic E-state index is 0.142. The van der Waals surface area contributed by atoms with Crippen molar-refractivity contribution in [2.75, 3.05) is 43.1 Å². The van der Waals surface area contributed by atoms with Crippen LogP contribution in [0.3, 0.4) is 0 Å². The second-order valence-electron chi connectivity index (χ2n) is 10.4. The number of aryl methyl sites for hydroxylation is 2. The Morgan fingerprint density at radius 1 is 0.765 bits per heavy atom. The summed E-state index contributed by atoms with van der Waals surface area (Å²) in [6, 6.07) is 3.51. The lowest BCUT2D eigenvalue weighted by atomic mass is 9.75. The first-order valence-electron chi connectivity index (χ1n) is 12.6. The highest BCUT2D eigenvalue weighted by atomic mass is 19.4. The van der Waals surface area contributed by atoms with Gasteiger partial charge >= 0.3 is 6.18 Å². The van der Waals surface area contributed by atoms with E-state index in [4.69, 9.17) is 9.47 Å². The number of methoxy groups -OCH3 is 1. The molecule has 5 aliphatic heterocycles. The van der Waals surface area contributed by atoms with E-state index in [1.165, 1.54) is 7.11 Å². The van der Waals surface area contributed by atoms with Gasteiger partial charge < -0.3 is 19.3 Å². The number of ether oxygens (including phenoxy) is 2. The molecule has 2 aromatic rings. The molecule has 0 fully saturated rings. The van der Waals surface area contributed by atoms with Gasteiger partial charge in [-0.3, -0.25) is 0 Å². The molecule has 7 heteroatoms. The SMILES string of the molecule is COC1(C(F)(F)F)c2cc3c4c(c2Oc2c1cc1c5c2CCCN5CCC1)CCCN4CCC3. The zero-order valence-corrected chi connectivity index (χ0v) is 19.5. The third kappa shape index (κ3) is 2.54. The summed E-state index contributed by atoms with van der Waals surface area (Å²) in [6.45, 7) is 3.82. The molecule has 34 heavy (non-hydrogen) atoms. The second kappa shape index (κ2) is 7.06. The molecule has 0 unspecified atom stereocenters. The maximum absolute atomic E-state index is 15.3. The monoisotopic (exact) mass is 470 g/mol. The third-order valence-corrected chi connectivity index (χ3v) is 8.61. The summed E-state index contributed by atoms with van der Waals surface area (Å²) >= 11 is 0. The number of fused-ring (bicyclic) bond motifs is 4. The van der Waals surface area contributed by atoms with Crippen molar-refractivity contribution >= 4 is 11.4 Å². The van der Waals surface area contributed by atoms with Gasteiger partial charge in [0.1, 0.15) is 11.5 Å². The summed E-state index contributed by atoms with van der Waals surface area (Å²) < 4.78 is 58.1. The summed E-state index contributed by atoms with van der Waals surface area (Å²) in [4.78, 5) is 4.69. The maximum atomic E-state index is 15.3. The van der Waals surface area contributed by atoms with E-state index in [-0.39, 0.29) is 11.1 Å². The van der Waals surface area contributed by atoms with Gasteiger partial charge in [0.15, 0.2) is 0 Å². The normalized spacial score (nSPS) is 21.8. The molecule has 180 valence electrons. The number of alkyl halides is 3. The molecule has 0 saturated heterocycles. The van der Waals surface area contributed by atoms with Crippen LogP contribution in [-0.2, 0) is 36.0 Å². The zero-order chi connectivity index (χ0) is 23.2. The Morgan fingerprint density at radius 2 is 1.21 bits per heavy atom. The van der Waals surface area contributed by atoms with Crippen molar-refractivity contribution in [3.05, 3.63) is 45.5 Å². The van der Waals surface area contributed by atoms with Crippen LogP contribution in [-0.4, -0.2) is 39.5 Å². The molecular formula is C27H29F3N2O2. The van der Waals surface area contributed by atoms with Crippen LogP contribution in [0.2, 0.25) is 0 Å². The molecule has 0 N–H and O–H groups in total. The number of halogens is 3. The molecule has 0 amide bonds. The molecule has 0 aromatic heterocycles. The van der Waals surface area contributed by atoms with Crippen LogP contribution >= 0.6 is 0 Å². The lowest BCUT2D eigenvalue weighted by molar-refractivity contribution is -0.260. The Balaban J connectivity index is 1.57. The fourth-order valence-electron chi connectivity index (χ4n) is 7.31. The van der Waals surface area contributed by atoms with Crippen molar-refractivity contribution in [3.8, 4) is 11.5 Å².